The van der Waals surface area contributed by atoms with Gasteiger partial charge in [0.2, 0.25) is 11.8 Å². The van der Waals surface area contributed by atoms with E-state index in [0.717, 1.165) is 22.3 Å². The fraction of sp³-hybridized carbons (Fsp3) is 0.481. The molecule has 0 saturated carbocycles. The van der Waals surface area contributed by atoms with E-state index in [2.05, 4.69) is 63.2 Å². The van der Waals surface area contributed by atoms with Crippen LogP contribution in [-0.4, -0.2) is 40.7 Å². The lowest BCUT2D eigenvalue weighted by Crippen LogP contribution is -2.67. The van der Waals surface area contributed by atoms with Gasteiger partial charge in [-0.3, -0.25) is 9.59 Å². The molecule has 31 heavy (non-hydrogen) atoms. The number of carbonyl (C=O) groups excluding carboxylic acids is 2. The Morgan fingerprint density at radius 2 is 1.58 bits per heavy atom. The van der Waals surface area contributed by atoms with E-state index < -0.39 is 5.54 Å². The Labute approximate surface area is 187 Å². The maximum absolute atomic E-state index is 13.3. The molecular weight excluding hydrogens is 384 g/mol. The van der Waals surface area contributed by atoms with Crippen LogP contribution in [0.5, 0.6) is 0 Å². The van der Waals surface area contributed by atoms with Crippen molar-refractivity contribution in [3.05, 3.63) is 70.3 Å². The molecule has 1 saturated heterocycles. The van der Waals surface area contributed by atoms with Crippen molar-refractivity contribution in [1.29, 1.82) is 0 Å². The second-order valence-electron chi connectivity index (χ2n) is 10.4. The van der Waals surface area contributed by atoms with Gasteiger partial charge in [0, 0.05) is 20.1 Å². The lowest BCUT2D eigenvalue weighted by atomic mass is 9.84. The summed E-state index contributed by atoms with van der Waals surface area (Å²) >= 11 is 0. The number of likely N-dealkylation sites (tertiary alicyclic amines) is 1. The lowest BCUT2D eigenvalue weighted by Gasteiger charge is -2.50. The van der Waals surface area contributed by atoms with Gasteiger partial charge in [-0.15, -0.1) is 0 Å². The molecule has 1 fully saturated rings. The van der Waals surface area contributed by atoms with Crippen LogP contribution in [0.3, 0.4) is 0 Å². The molecule has 0 spiro atoms. The smallest absolute Gasteiger partial charge is 0.248 e. The van der Waals surface area contributed by atoms with Crippen LogP contribution in [0.1, 0.15) is 61.9 Å². The zero-order chi connectivity index (χ0) is 23.0. The Morgan fingerprint density at radius 3 is 2.06 bits per heavy atom. The summed E-state index contributed by atoms with van der Waals surface area (Å²) in [5.74, 6) is 0.0300. The first kappa shape index (κ1) is 23.1. The molecule has 2 amide bonds. The van der Waals surface area contributed by atoms with Gasteiger partial charge in [-0.05, 0) is 49.3 Å². The van der Waals surface area contributed by atoms with Gasteiger partial charge >= 0.3 is 0 Å². The molecule has 1 aliphatic rings. The zero-order valence-electron chi connectivity index (χ0n) is 20.1. The minimum Gasteiger partial charge on any atom is -0.339 e. The van der Waals surface area contributed by atoms with Gasteiger partial charge in [0.1, 0.15) is 5.54 Å². The number of nitrogens with zero attached hydrogens (tertiary/aromatic N) is 2. The molecule has 2 aromatic carbocycles. The van der Waals surface area contributed by atoms with Crippen LogP contribution in [0.2, 0.25) is 0 Å². The van der Waals surface area contributed by atoms with Crippen LogP contribution in [0, 0.1) is 13.8 Å². The quantitative estimate of drug-likeness (QED) is 0.698. The summed E-state index contributed by atoms with van der Waals surface area (Å²) in [6.07, 6.45) is 1.04. The third kappa shape index (κ3) is 5.00. The molecule has 166 valence electrons. The summed E-state index contributed by atoms with van der Waals surface area (Å²) in [6.45, 7) is 13.7. The molecule has 1 heterocycles. The van der Waals surface area contributed by atoms with Crippen molar-refractivity contribution in [2.45, 2.75) is 71.9 Å². The maximum atomic E-state index is 13.3. The topological polar surface area (TPSA) is 40.6 Å². The van der Waals surface area contributed by atoms with E-state index in [0.29, 0.717) is 25.9 Å². The normalized spacial score (nSPS) is 18.5. The largest absolute Gasteiger partial charge is 0.339 e. The monoisotopic (exact) mass is 420 g/mol. The molecule has 1 atom stereocenters. The molecular formula is C27H36N2O2. The van der Waals surface area contributed by atoms with E-state index >= 15 is 0 Å². The van der Waals surface area contributed by atoms with Crippen LogP contribution in [0.4, 0.5) is 0 Å². The first-order valence-electron chi connectivity index (χ1n) is 11.1. The summed E-state index contributed by atoms with van der Waals surface area (Å²) in [4.78, 5) is 29.8. The Morgan fingerprint density at radius 1 is 1.00 bits per heavy atom. The molecule has 1 unspecified atom stereocenters. The van der Waals surface area contributed by atoms with E-state index in [4.69, 9.17) is 0 Å². The Hall–Kier alpha value is -2.62. The Balaban J connectivity index is 1.66. The molecule has 0 aliphatic carbocycles. The number of carbonyl (C=O) groups is 2. The third-order valence-corrected chi connectivity index (χ3v) is 6.40. The van der Waals surface area contributed by atoms with Crippen molar-refractivity contribution in [1.82, 2.24) is 9.80 Å². The molecule has 3 rings (SSSR count). The maximum Gasteiger partial charge on any atom is 0.248 e. The van der Waals surface area contributed by atoms with E-state index in [1.165, 1.54) is 5.56 Å². The highest BCUT2D eigenvalue weighted by Crippen LogP contribution is 2.33. The number of amides is 2. The summed E-state index contributed by atoms with van der Waals surface area (Å²) < 4.78 is 0. The van der Waals surface area contributed by atoms with E-state index in [1.807, 2.05) is 27.8 Å². The van der Waals surface area contributed by atoms with Gasteiger partial charge in [0.25, 0.3) is 0 Å². The molecule has 1 aliphatic heterocycles. The number of rotatable bonds is 5. The number of likely N-dealkylation sites (N-methyl/N-ethyl adjacent to an activating group) is 1. The van der Waals surface area contributed by atoms with Gasteiger partial charge in [-0.1, -0.05) is 74.4 Å². The second kappa shape index (κ2) is 8.49. The molecule has 0 radical (unpaired) electrons. The average molecular weight is 421 g/mol. The van der Waals surface area contributed by atoms with Crippen molar-refractivity contribution in [2.75, 3.05) is 13.6 Å². The number of hydrogen-bond acceptors (Lipinski definition) is 2. The van der Waals surface area contributed by atoms with E-state index in [-0.39, 0.29) is 17.2 Å². The first-order chi connectivity index (χ1) is 14.4. The molecule has 4 nitrogen and oxygen atoms in total. The fourth-order valence-corrected chi connectivity index (χ4v) is 4.49. The first-order valence-corrected chi connectivity index (χ1v) is 11.1. The van der Waals surface area contributed by atoms with Crippen molar-refractivity contribution in [3.8, 4) is 0 Å². The van der Waals surface area contributed by atoms with E-state index in [1.54, 1.807) is 9.80 Å². The van der Waals surface area contributed by atoms with E-state index in [9.17, 15) is 9.59 Å². The Kier molecular flexibility index (Phi) is 6.31. The summed E-state index contributed by atoms with van der Waals surface area (Å²) in [6, 6.07) is 14.7. The number of benzene rings is 2. The van der Waals surface area contributed by atoms with Gasteiger partial charge in [0.15, 0.2) is 0 Å². The fourth-order valence-electron chi connectivity index (χ4n) is 4.49. The van der Waals surface area contributed by atoms with Gasteiger partial charge in [-0.25, -0.2) is 0 Å². The highest BCUT2D eigenvalue weighted by molar-refractivity contribution is 5.93. The predicted molar refractivity (Wildman–Crippen MR) is 126 cm³/mol. The second-order valence-corrected chi connectivity index (χ2v) is 10.4. The standard InChI is InChI=1S/C27H36N2O2/c1-19-14-20(2)16-22(15-19)17-24(30)29-13-12-27(29,6)25(31)28(7)18-21-8-10-23(11-9-21)26(3,4)5/h8-11,14-16H,12-13,17-18H2,1-7H3. The summed E-state index contributed by atoms with van der Waals surface area (Å²) in [7, 11) is 1.83. The predicted octanol–water partition coefficient (Wildman–Crippen LogP) is 4.79. The minimum atomic E-state index is -0.754. The van der Waals surface area contributed by atoms with Crippen molar-refractivity contribution in [2.24, 2.45) is 0 Å². The summed E-state index contributed by atoms with van der Waals surface area (Å²) in [5, 5.41) is 0. The van der Waals surface area contributed by atoms with Crippen LogP contribution < -0.4 is 0 Å². The molecule has 0 aromatic heterocycles. The summed E-state index contributed by atoms with van der Waals surface area (Å²) in [5.41, 5.74) is 5.05. The Bertz CT molecular complexity index is 951. The van der Waals surface area contributed by atoms with Crippen LogP contribution in [0.25, 0.3) is 0 Å². The van der Waals surface area contributed by atoms with Crippen LogP contribution >= 0.6 is 0 Å². The highest BCUT2D eigenvalue weighted by Gasteiger charge is 2.50. The van der Waals surface area contributed by atoms with Crippen molar-refractivity contribution < 1.29 is 9.59 Å². The SMILES string of the molecule is Cc1cc(C)cc(CC(=O)N2CCC2(C)C(=O)N(C)Cc2ccc(C(C)(C)C)cc2)c1. The lowest BCUT2D eigenvalue weighted by molar-refractivity contribution is -0.163. The molecule has 2 aromatic rings. The van der Waals surface area contributed by atoms with Gasteiger partial charge in [0.05, 0.1) is 6.42 Å². The van der Waals surface area contributed by atoms with Crippen LogP contribution in [0.15, 0.2) is 42.5 Å². The molecule has 0 bridgehead atoms. The number of aryl methyl sites for hydroxylation is 2. The number of hydrogen-bond donors (Lipinski definition) is 0. The third-order valence-electron chi connectivity index (χ3n) is 6.40. The average Bonchev–Trinajstić information content (AvgIpc) is 2.64. The highest BCUT2D eigenvalue weighted by atomic mass is 16.2. The minimum absolute atomic E-state index is 0.00687. The van der Waals surface area contributed by atoms with Crippen molar-refractivity contribution >= 4 is 11.8 Å². The van der Waals surface area contributed by atoms with Crippen LogP contribution in [-0.2, 0) is 28.0 Å². The van der Waals surface area contributed by atoms with Crippen molar-refractivity contribution in [3.63, 3.8) is 0 Å². The van der Waals surface area contributed by atoms with Gasteiger partial charge < -0.3 is 9.80 Å². The van der Waals surface area contributed by atoms with Gasteiger partial charge in [-0.2, -0.15) is 0 Å². The zero-order valence-corrected chi connectivity index (χ0v) is 20.1. The molecule has 4 heteroatoms. The molecule has 0 N–H and O–H groups in total.